The van der Waals surface area contributed by atoms with Crippen LogP contribution in [0.25, 0.3) is 0 Å². The van der Waals surface area contributed by atoms with Gasteiger partial charge in [0.05, 0.1) is 18.8 Å². The molecule has 0 fully saturated rings. The largest absolute Gasteiger partial charge is 0.394 e. The Morgan fingerprint density at radius 3 is 1.17 bits per heavy atom. The number of rotatable bonds is 28. The van der Waals surface area contributed by atoms with Crippen LogP contribution in [0.1, 0.15) is 174 Å². The number of aliphatic hydroxyl groups is 2. The van der Waals surface area contributed by atoms with Crippen molar-refractivity contribution in [3.8, 4) is 0 Å². The number of hydrogen-bond donors (Lipinski definition) is 3. The third-order valence-corrected chi connectivity index (χ3v) is 7.53. The first-order chi connectivity index (χ1) is 17.1. The third kappa shape index (κ3) is 22.3. The van der Waals surface area contributed by atoms with E-state index < -0.39 is 5.54 Å². The molecule has 35 heavy (non-hydrogen) atoms. The van der Waals surface area contributed by atoms with Gasteiger partial charge < -0.3 is 15.5 Å². The summed E-state index contributed by atoms with van der Waals surface area (Å²) in [6.07, 6.45) is 30.6. The predicted octanol–water partition coefficient (Wildman–Crippen LogP) is 8.62. The fourth-order valence-electron chi connectivity index (χ4n) is 4.96. The Labute approximate surface area is 219 Å². The van der Waals surface area contributed by atoms with Gasteiger partial charge in [0, 0.05) is 6.42 Å². The Morgan fingerprint density at radius 1 is 0.514 bits per heavy atom. The molecule has 0 saturated heterocycles. The van der Waals surface area contributed by atoms with E-state index in [4.69, 9.17) is 0 Å². The highest BCUT2D eigenvalue weighted by Gasteiger charge is 2.29. The fourth-order valence-corrected chi connectivity index (χ4v) is 4.96. The maximum atomic E-state index is 12.4. The lowest BCUT2D eigenvalue weighted by atomic mass is 9.92. The van der Waals surface area contributed by atoms with Crippen molar-refractivity contribution in [1.29, 1.82) is 0 Å². The molecular weight excluding hydrogens is 434 g/mol. The fraction of sp³-hybridized carbons (Fsp3) is 0.968. The van der Waals surface area contributed by atoms with E-state index in [0.717, 1.165) is 25.7 Å². The summed E-state index contributed by atoms with van der Waals surface area (Å²) in [4.78, 5) is 12.4. The number of carbonyl (C=O) groups is 1. The third-order valence-electron chi connectivity index (χ3n) is 7.53. The zero-order valence-corrected chi connectivity index (χ0v) is 23.9. The van der Waals surface area contributed by atoms with Crippen molar-refractivity contribution < 1.29 is 15.0 Å². The SMILES string of the molecule is CCCCCCCCCCCCCCCCCCC(CO)(CO)NC(=O)CCCCCCCCC. The molecule has 0 heterocycles. The van der Waals surface area contributed by atoms with E-state index in [-0.39, 0.29) is 19.1 Å². The van der Waals surface area contributed by atoms with Crippen molar-refractivity contribution in [3.63, 3.8) is 0 Å². The summed E-state index contributed by atoms with van der Waals surface area (Å²) in [5.74, 6) is -0.0295. The average Bonchev–Trinajstić information content (AvgIpc) is 2.87. The summed E-state index contributed by atoms with van der Waals surface area (Å²) in [6, 6.07) is 0. The van der Waals surface area contributed by atoms with Crippen molar-refractivity contribution in [1.82, 2.24) is 5.32 Å². The minimum atomic E-state index is -0.853. The highest BCUT2D eigenvalue weighted by molar-refractivity contribution is 5.76. The van der Waals surface area contributed by atoms with Crippen LogP contribution >= 0.6 is 0 Å². The molecule has 0 radical (unpaired) electrons. The van der Waals surface area contributed by atoms with Gasteiger partial charge in [-0.05, 0) is 12.8 Å². The lowest BCUT2D eigenvalue weighted by Crippen LogP contribution is -2.54. The van der Waals surface area contributed by atoms with Crippen molar-refractivity contribution in [3.05, 3.63) is 0 Å². The summed E-state index contributed by atoms with van der Waals surface area (Å²) in [7, 11) is 0. The van der Waals surface area contributed by atoms with Gasteiger partial charge in [-0.15, -0.1) is 0 Å². The van der Waals surface area contributed by atoms with Gasteiger partial charge in [0.2, 0.25) is 5.91 Å². The second-order valence-electron chi connectivity index (χ2n) is 11.1. The second kappa shape index (κ2) is 26.5. The Hall–Kier alpha value is -0.610. The topological polar surface area (TPSA) is 69.6 Å². The van der Waals surface area contributed by atoms with Crippen LogP contribution in [-0.4, -0.2) is 34.9 Å². The summed E-state index contributed by atoms with van der Waals surface area (Å²) in [5, 5.41) is 22.7. The molecule has 0 aliphatic rings. The van der Waals surface area contributed by atoms with Crippen LogP contribution in [0.2, 0.25) is 0 Å². The summed E-state index contributed by atoms with van der Waals surface area (Å²) in [5.41, 5.74) is -0.853. The van der Waals surface area contributed by atoms with Crippen LogP contribution in [-0.2, 0) is 4.79 Å². The first kappa shape index (κ1) is 34.4. The van der Waals surface area contributed by atoms with Crippen LogP contribution in [0.15, 0.2) is 0 Å². The van der Waals surface area contributed by atoms with Gasteiger partial charge >= 0.3 is 0 Å². The van der Waals surface area contributed by atoms with Gasteiger partial charge in [-0.2, -0.15) is 0 Å². The normalized spacial score (nSPS) is 11.8. The van der Waals surface area contributed by atoms with E-state index in [9.17, 15) is 15.0 Å². The number of hydrogen-bond acceptors (Lipinski definition) is 3. The lowest BCUT2D eigenvalue weighted by molar-refractivity contribution is -0.124. The quantitative estimate of drug-likeness (QED) is 0.0947. The maximum Gasteiger partial charge on any atom is 0.220 e. The van der Waals surface area contributed by atoms with E-state index >= 15 is 0 Å². The standard InChI is InChI=1S/C31H63NO3/c1-3-5-7-9-11-12-13-14-15-16-17-18-19-21-23-25-27-31(28-33,29-34)32-30(35)26-24-22-20-10-8-6-4-2/h33-34H,3-29H2,1-2H3,(H,32,35). The summed E-state index contributed by atoms with van der Waals surface area (Å²) >= 11 is 0. The number of amides is 1. The van der Waals surface area contributed by atoms with Crippen LogP contribution < -0.4 is 5.32 Å². The van der Waals surface area contributed by atoms with Gasteiger partial charge in [-0.1, -0.05) is 155 Å². The first-order valence-corrected chi connectivity index (χ1v) is 15.7. The van der Waals surface area contributed by atoms with Gasteiger partial charge in [-0.25, -0.2) is 0 Å². The van der Waals surface area contributed by atoms with Gasteiger partial charge in [0.1, 0.15) is 0 Å². The molecule has 3 N–H and O–H groups in total. The molecule has 0 atom stereocenters. The second-order valence-corrected chi connectivity index (χ2v) is 11.1. The molecule has 0 bridgehead atoms. The van der Waals surface area contributed by atoms with E-state index in [1.807, 2.05) is 0 Å². The van der Waals surface area contributed by atoms with E-state index in [2.05, 4.69) is 19.2 Å². The molecule has 0 aliphatic carbocycles. The molecule has 0 aromatic rings. The van der Waals surface area contributed by atoms with Crippen molar-refractivity contribution >= 4 is 5.91 Å². The predicted molar refractivity (Wildman–Crippen MR) is 152 cm³/mol. The maximum absolute atomic E-state index is 12.4. The Kier molecular flexibility index (Phi) is 26.0. The van der Waals surface area contributed by atoms with Crippen LogP contribution in [0.3, 0.4) is 0 Å². The highest BCUT2D eigenvalue weighted by atomic mass is 16.3. The zero-order chi connectivity index (χ0) is 25.9. The molecule has 1 amide bonds. The molecule has 0 aromatic heterocycles. The lowest BCUT2D eigenvalue weighted by Gasteiger charge is -2.31. The highest BCUT2D eigenvalue weighted by Crippen LogP contribution is 2.18. The molecule has 0 unspecified atom stereocenters. The number of aliphatic hydroxyl groups excluding tert-OH is 2. The molecule has 0 aromatic carbocycles. The Balaban J connectivity index is 3.67. The van der Waals surface area contributed by atoms with E-state index in [1.54, 1.807) is 0 Å². The monoisotopic (exact) mass is 497 g/mol. The van der Waals surface area contributed by atoms with Gasteiger partial charge in [-0.3, -0.25) is 4.79 Å². The molecule has 0 rings (SSSR count). The summed E-state index contributed by atoms with van der Waals surface area (Å²) < 4.78 is 0. The number of carbonyl (C=O) groups excluding carboxylic acids is 1. The zero-order valence-electron chi connectivity index (χ0n) is 23.9. The Morgan fingerprint density at radius 2 is 0.829 bits per heavy atom. The molecule has 210 valence electrons. The molecule has 0 saturated carbocycles. The Bertz CT molecular complexity index is 437. The molecule has 4 nitrogen and oxygen atoms in total. The van der Waals surface area contributed by atoms with E-state index in [1.165, 1.54) is 122 Å². The molecule has 0 aliphatic heterocycles. The molecular formula is C31H63NO3. The van der Waals surface area contributed by atoms with Gasteiger partial charge in [0.15, 0.2) is 0 Å². The van der Waals surface area contributed by atoms with Gasteiger partial charge in [0.25, 0.3) is 0 Å². The number of nitrogens with one attached hydrogen (secondary N) is 1. The average molecular weight is 498 g/mol. The van der Waals surface area contributed by atoms with Crippen molar-refractivity contribution in [2.75, 3.05) is 13.2 Å². The van der Waals surface area contributed by atoms with Crippen LogP contribution in [0, 0.1) is 0 Å². The van der Waals surface area contributed by atoms with Crippen molar-refractivity contribution in [2.24, 2.45) is 0 Å². The number of unbranched alkanes of at least 4 members (excludes halogenated alkanes) is 21. The molecule has 4 heteroatoms. The molecule has 0 spiro atoms. The van der Waals surface area contributed by atoms with Crippen LogP contribution in [0.5, 0.6) is 0 Å². The van der Waals surface area contributed by atoms with Crippen LogP contribution in [0.4, 0.5) is 0 Å². The minimum Gasteiger partial charge on any atom is -0.394 e. The van der Waals surface area contributed by atoms with Crippen molar-refractivity contribution in [2.45, 2.75) is 180 Å². The summed E-state index contributed by atoms with van der Waals surface area (Å²) in [6.45, 7) is 4.12. The smallest absolute Gasteiger partial charge is 0.220 e. The first-order valence-electron chi connectivity index (χ1n) is 15.7. The van der Waals surface area contributed by atoms with E-state index in [0.29, 0.717) is 12.8 Å². The minimum absolute atomic E-state index is 0.0295.